The fourth-order valence-corrected chi connectivity index (χ4v) is 4.02. The highest BCUT2D eigenvalue weighted by atomic mass is 19.1. The number of halogens is 1. The molecule has 10 nitrogen and oxygen atoms in total. The number of ketones is 1. The van der Waals surface area contributed by atoms with Gasteiger partial charge in [-0.25, -0.2) is 9.37 Å². The number of nitrogens with zero attached hydrogens (tertiary/aromatic N) is 3. The van der Waals surface area contributed by atoms with Crippen molar-refractivity contribution in [2.24, 2.45) is 0 Å². The number of carbonyl (C=O) groups is 2. The third kappa shape index (κ3) is 5.39. The lowest BCUT2D eigenvalue weighted by Gasteiger charge is -2.16. The predicted molar refractivity (Wildman–Crippen MR) is 140 cm³/mol. The van der Waals surface area contributed by atoms with E-state index >= 15 is 0 Å². The van der Waals surface area contributed by atoms with Crippen molar-refractivity contribution in [2.75, 3.05) is 19.2 Å². The van der Waals surface area contributed by atoms with E-state index in [0.29, 0.717) is 33.9 Å². The topological polar surface area (TPSA) is 124 Å². The Hall–Kier alpha value is -4.90. The number of benzene rings is 2. The molecule has 2 aromatic carbocycles. The number of anilines is 1. The van der Waals surface area contributed by atoms with Gasteiger partial charge in [-0.3, -0.25) is 23.9 Å². The normalized spacial score (nSPS) is 12.7. The SMILES string of the molecule is CNC(C)C(=O)Nc1ncc(-c2ccc3c(c2)OCO3)n(Cc2cncc(C(=O)c3ccc(F)cc3)c2)c1=O. The van der Waals surface area contributed by atoms with Gasteiger partial charge in [0, 0.05) is 29.1 Å². The van der Waals surface area contributed by atoms with Crippen LogP contribution in [0.15, 0.2) is 71.9 Å². The van der Waals surface area contributed by atoms with E-state index < -0.39 is 23.3 Å². The molecule has 2 N–H and O–H groups in total. The van der Waals surface area contributed by atoms with E-state index in [1.165, 1.54) is 41.2 Å². The molecule has 4 aromatic rings. The van der Waals surface area contributed by atoms with Gasteiger partial charge in [0.25, 0.3) is 5.56 Å². The standard InChI is InChI=1S/C28H24FN5O5/c1-16(30-2)27(36)33-26-28(37)34(22(13-32-26)19-5-8-23-24(10-19)39-15-38-23)14-17-9-20(12-31-11-17)25(35)18-3-6-21(29)7-4-18/h3-13,16,30H,14-15H2,1-2H3,(H,32,33,36). The molecule has 1 amide bonds. The van der Waals surface area contributed by atoms with E-state index in [9.17, 15) is 18.8 Å². The van der Waals surface area contributed by atoms with Gasteiger partial charge in [0.15, 0.2) is 23.1 Å². The second-order valence-corrected chi connectivity index (χ2v) is 8.87. The van der Waals surface area contributed by atoms with Gasteiger partial charge in [0.2, 0.25) is 12.7 Å². The number of hydrogen-bond donors (Lipinski definition) is 2. The molecule has 198 valence electrons. The second-order valence-electron chi connectivity index (χ2n) is 8.87. The summed E-state index contributed by atoms with van der Waals surface area (Å²) in [5.74, 6) is -0.229. The predicted octanol–water partition coefficient (Wildman–Crippen LogP) is 3.00. The minimum Gasteiger partial charge on any atom is -0.454 e. The average molecular weight is 530 g/mol. The average Bonchev–Trinajstić information content (AvgIpc) is 3.43. The van der Waals surface area contributed by atoms with E-state index in [0.717, 1.165) is 0 Å². The van der Waals surface area contributed by atoms with E-state index in [-0.39, 0.29) is 30.5 Å². The number of carbonyl (C=O) groups excluding carboxylic acids is 2. The number of likely N-dealkylation sites (N-methyl/N-ethyl adjacent to an activating group) is 1. The van der Waals surface area contributed by atoms with Crippen LogP contribution in [0.2, 0.25) is 0 Å². The molecule has 0 spiro atoms. The Kier molecular flexibility index (Phi) is 7.15. The summed E-state index contributed by atoms with van der Waals surface area (Å²) in [6, 6.07) is 11.5. The summed E-state index contributed by atoms with van der Waals surface area (Å²) in [5, 5.41) is 5.39. The number of nitrogens with one attached hydrogen (secondary N) is 2. The fraction of sp³-hybridized carbons (Fsp3) is 0.179. The van der Waals surface area contributed by atoms with Gasteiger partial charge in [-0.15, -0.1) is 0 Å². The maximum absolute atomic E-state index is 13.6. The minimum absolute atomic E-state index is 0.0210. The zero-order chi connectivity index (χ0) is 27.5. The summed E-state index contributed by atoms with van der Waals surface area (Å²) in [6.45, 7) is 1.77. The molecule has 11 heteroatoms. The molecule has 39 heavy (non-hydrogen) atoms. The molecule has 0 saturated carbocycles. The van der Waals surface area contributed by atoms with Crippen LogP contribution in [0.25, 0.3) is 11.3 Å². The van der Waals surface area contributed by atoms with Crippen LogP contribution in [-0.2, 0) is 11.3 Å². The number of amides is 1. The van der Waals surface area contributed by atoms with Gasteiger partial charge in [-0.05, 0) is 68.1 Å². The lowest BCUT2D eigenvalue weighted by atomic mass is 10.0. The zero-order valence-corrected chi connectivity index (χ0v) is 21.1. The molecule has 1 atom stereocenters. The summed E-state index contributed by atoms with van der Waals surface area (Å²) in [4.78, 5) is 47.5. The molecule has 1 unspecified atom stereocenters. The quantitative estimate of drug-likeness (QED) is 0.334. The molecular formula is C28H24FN5O5. The number of ether oxygens (including phenoxy) is 2. The van der Waals surface area contributed by atoms with E-state index in [1.54, 1.807) is 44.4 Å². The van der Waals surface area contributed by atoms with Crippen molar-refractivity contribution in [3.8, 4) is 22.8 Å². The third-order valence-electron chi connectivity index (χ3n) is 6.29. The molecular weight excluding hydrogens is 505 g/mol. The Morgan fingerprint density at radius 1 is 1.03 bits per heavy atom. The van der Waals surface area contributed by atoms with Crippen molar-refractivity contribution in [3.05, 3.63) is 100.0 Å². The van der Waals surface area contributed by atoms with Crippen LogP contribution in [0.3, 0.4) is 0 Å². The maximum atomic E-state index is 13.6. The van der Waals surface area contributed by atoms with E-state index in [2.05, 4.69) is 20.6 Å². The third-order valence-corrected chi connectivity index (χ3v) is 6.29. The van der Waals surface area contributed by atoms with Crippen LogP contribution in [0.1, 0.15) is 28.4 Å². The number of rotatable bonds is 8. The highest BCUT2D eigenvalue weighted by molar-refractivity contribution is 6.08. The molecule has 0 aliphatic carbocycles. The Morgan fingerprint density at radius 3 is 2.56 bits per heavy atom. The molecule has 1 aliphatic heterocycles. The molecule has 2 aromatic heterocycles. The summed E-state index contributed by atoms with van der Waals surface area (Å²) < 4.78 is 25.6. The van der Waals surface area contributed by atoms with Gasteiger partial charge >= 0.3 is 0 Å². The van der Waals surface area contributed by atoms with Gasteiger partial charge in [0.1, 0.15) is 5.82 Å². The summed E-state index contributed by atoms with van der Waals surface area (Å²) >= 11 is 0. The largest absolute Gasteiger partial charge is 0.454 e. The van der Waals surface area contributed by atoms with Gasteiger partial charge < -0.3 is 20.1 Å². The summed E-state index contributed by atoms with van der Waals surface area (Å²) in [6.07, 6.45) is 4.44. The van der Waals surface area contributed by atoms with Crippen LogP contribution in [0.5, 0.6) is 11.5 Å². The van der Waals surface area contributed by atoms with Crippen LogP contribution >= 0.6 is 0 Å². The van der Waals surface area contributed by atoms with E-state index in [4.69, 9.17) is 9.47 Å². The monoisotopic (exact) mass is 529 g/mol. The summed E-state index contributed by atoms with van der Waals surface area (Å²) in [7, 11) is 1.63. The lowest BCUT2D eigenvalue weighted by Crippen LogP contribution is -2.38. The number of hydrogen-bond acceptors (Lipinski definition) is 8. The van der Waals surface area contributed by atoms with Crippen LogP contribution in [0, 0.1) is 5.82 Å². The minimum atomic E-state index is -0.549. The van der Waals surface area contributed by atoms with Crippen LogP contribution in [-0.4, -0.2) is 46.1 Å². The van der Waals surface area contributed by atoms with Crippen molar-refractivity contribution in [2.45, 2.75) is 19.5 Å². The second kappa shape index (κ2) is 10.8. The molecule has 0 radical (unpaired) electrons. The van der Waals surface area contributed by atoms with Crippen LogP contribution < -0.4 is 25.7 Å². The molecule has 0 saturated heterocycles. The highest BCUT2D eigenvalue weighted by Gasteiger charge is 2.20. The first-order valence-corrected chi connectivity index (χ1v) is 12.1. The Balaban J connectivity index is 1.54. The highest BCUT2D eigenvalue weighted by Crippen LogP contribution is 2.35. The van der Waals surface area contributed by atoms with Gasteiger partial charge in [-0.2, -0.15) is 0 Å². The molecule has 1 aliphatic rings. The Morgan fingerprint density at radius 2 is 1.79 bits per heavy atom. The van der Waals surface area contributed by atoms with E-state index in [1.807, 2.05) is 0 Å². The number of pyridine rings is 1. The molecule has 5 rings (SSSR count). The Labute approximate surface area is 222 Å². The fourth-order valence-electron chi connectivity index (χ4n) is 4.02. The zero-order valence-electron chi connectivity index (χ0n) is 21.1. The molecule has 0 bridgehead atoms. The summed E-state index contributed by atoms with van der Waals surface area (Å²) in [5.41, 5.74) is 1.68. The van der Waals surface area contributed by atoms with Crippen molar-refractivity contribution >= 4 is 17.5 Å². The van der Waals surface area contributed by atoms with Crippen molar-refractivity contribution in [1.29, 1.82) is 0 Å². The number of fused-ring (bicyclic) bond motifs is 1. The lowest BCUT2D eigenvalue weighted by molar-refractivity contribution is -0.117. The first kappa shape index (κ1) is 25.7. The van der Waals surface area contributed by atoms with Gasteiger partial charge in [-0.1, -0.05) is 0 Å². The molecule has 3 heterocycles. The molecule has 0 fully saturated rings. The van der Waals surface area contributed by atoms with Crippen molar-refractivity contribution in [3.63, 3.8) is 0 Å². The number of aromatic nitrogens is 3. The maximum Gasteiger partial charge on any atom is 0.294 e. The van der Waals surface area contributed by atoms with Crippen LogP contribution in [0.4, 0.5) is 10.2 Å². The Bertz CT molecular complexity index is 1620. The first-order valence-electron chi connectivity index (χ1n) is 12.1. The van der Waals surface area contributed by atoms with Gasteiger partial charge in [0.05, 0.1) is 24.5 Å². The van der Waals surface area contributed by atoms with Crippen molar-refractivity contribution in [1.82, 2.24) is 19.9 Å². The first-order chi connectivity index (χ1) is 18.8. The smallest absolute Gasteiger partial charge is 0.294 e. The van der Waals surface area contributed by atoms with Crippen molar-refractivity contribution < 1.29 is 23.5 Å².